The van der Waals surface area contributed by atoms with Gasteiger partial charge in [0.1, 0.15) is 5.16 Å². The average Bonchev–Trinajstić information content (AvgIpc) is 2.25. The summed E-state index contributed by atoms with van der Waals surface area (Å²) >= 11 is 6.25. The number of unbranched alkanes of at least 4 members (excludes halogenated alkanes) is 1. The van der Waals surface area contributed by atoms with Crippen LogP contribution in [0.3, 0.4) is 0 Å². The summed E-state index contributed by atoms with van der Waals surface area (Å²) in [6.45, 7) is 10.3. The van der Waals surface area contributed by atoms with Crippen LogP contribution in [0.1, 0.15) is 53.9 Å². The molecule has 0 spiro atoms. The monoisotopic (exact) mass is 253 g/mol. The van der Waals surface area contributed by atoms with Gasteiger partial charge in [-0.15, -0.1) is 0 Å². The maximum absolute atomic E-state index is 6.25. The summed E-state index contributed by atoms with van der Waals surface area (Å²) in [6.07, 6.45) is 9.63. The molecule has 0 saturated carbocycles. The maximum Gasteiger partial charge on any atom is 0.136 e. The maximum atomic E-state index is 6.25. The van der Waals surface area contributed by atoms with Crippen LogP contribution in [0.4, 0.5) is 0 Å². The van der Waals surface area contributed by atoms with Gasteiger partial charge in [-0.25, -0.2) is 4.99 Å². The molecular formula is C15H24ClN. The van der Waals surface area contributed by atoms with Gasteiger partial charge in [-0.2, -0.15) is 0 Å². The Bertz CT molecular complexity index is 342. The second-order valence-electron chi connectivity index (χ2n) is 4.25. The van der Waals surface area contributed by atoms with Crippen molar-refractivity contribution in [2.45, 2.75) is 53.9 Å². The van der Waals surface area contributed by atoms with E-state index in [0.29, 0.717) is 5.16 Å². The van der Waals surface area contributed by atoms with E-state index in [1.54, 1.807) is 0 Å². The molecule has 0 heterocycles. The van der Waals surface area contributed by atoms with Gasteiger partial charge in [0.25, 0.3) is 0 Å². The van der Waals surface area contributed by atoms with Crippen LogP contribution in [0.15, 0.2) is 39.5 Å². The van der Waals surface area contributed by atoms with Gasteiger partial charge in [-0.1, -0.05) is 50.1 Å². The summed E-state index contributed by atoms with van der Waals surface area (Å²) in [5.74, 6) is 0. The highest BCUT2D eigenvalue weighted by Crippen LogP contribution is 2.21. The van der Waals surface area contributed by atoms with Crippen molar-refractivity contribution in [3.8, 4) is 0 Å². The molecule has 0 rings (SSSR count). The molecule has 0 aliphatic rings. The van der Waals surface area contributed by atoms with Crippen LogP contribution in [0.5, 0.6) is 0 Å². The van der Waals surface area contributed by atoms with Gasteiger partial charge < -0.3 is 0 Å². The molecule has 0 saturated heterocycles. The number of hydrogen-bond acceptors (Lipinski definition) is 1. The minimum absolute atomic E-state index is 0.583. The van der Waals surface area contributed by atoms with Crippen LogP contribution in [0.25, 0.3) is 0 Å². The lowest BCUT2D eigenvalue weighted by Gasteiger charge is -2.05. The molecule has 0 aromatic carbocycles. The summed E-state index contributed by atoms with van der Waals surface area (Å²) in [5.41, 5.74) is 3.20. The van der Waals surface area contributed by atoms with Crippen LogP contribution in [0, 0.1) is 0 Å². The number of halogens is 1. The topological polar surface area (TPSA) is 12.4 Å². The van der Waals surface area contributed by atoms with E-state index in [1.165, 1.54) is 5.57 Å². The van der Waals surface area contributed by atoms with Crippen molar-refractivity contribution in [1.29, 1.82) is 0 Å². The third kappa shape index (κ3) is 7.17. The number of hydrogen-bond donors (Lipinski definition) is 0. The predicted molar refractivity (Wildman–Crippen MR) is 79.8 cm³/mol. The molecule has 2 heteroatoms. The molecule has 0 radical (unpaired) electrons. The van der Waals surface area contributed by atoms with E-state index in [9.17, 15) is 0 Å². The van der Waals surface area contributed by atoms with Crippen molar-refractivity contribution in [2.24, 2.45) is 4.99 Å². The number of allylic oxidation sites excluding steroid dienone is 5. The highest BCUT2D eigenvalue weighted by Gasteiger charge is 2.02. The summed E-state index contributed by atoms with van der Waals surface area (Å²) in [7, 11) is 0. The Kier molecular flexibility index (Phi) is 8.79. The number of nitrogens with zero attached hydrogens (tertiary/aromatic N) is 1. The Balaban J connectivity index is 5.26. The molecule has 0 bridgehead atoms. The highest BCUT2D eigenvalue weighted by molar-refractivity contribution is 6.30. The molecule has 0 aliphatic carbocycles. The van der Waals surface area contributed by atoms with Gasteiger partial charge in [0, 0.05) is 11.3 Å². The summed E-state index contributed by atoms with van der Waals surface area (Å²) < 4.78 is 0. The molecule has 17 heavy (non-hydrogen) atoms. The Morgan fingerprint density at radius 3 is 2.29 bits per heavy atom. The molecule has 0 fully saturated rings. The highest BCUT2D eigenvalue weighted by atomic mass is 35.5. The first-order chi connectivity index (χ1) is 8.02. The zero-order chi connectivity index (χ0) is 13.3. The predicted octanol–water partition coefficient (Wildman–Crippen LogP) is 5.63. The van der Waals surface area contributed by atoms with E-state index in [-0.39, 0.29) is 0 Å². The fourth-order valence-electron chi connectivity index (χ4n) is 1.33. The Morgan fingerprint density at radius 2 is 1.82 bits per heavy atom. The van der Waals surface area contributed by atoms with Crippen molar-refractivity contribution in [3.05, 3.63) is 34.5 Å². The van der Waals surface area contributed by atoms with Gasteiger partial charge in [0.05, 0.1) is 0 Å². The minimum Gasteiger partial charge on any atom is -0.245 e. The van der Waals surface area contributed by atoms with Crippen LogP contribution in [0.2, 0.25) is 0 Å². The van der Waals surface area contributed by atoms with Gasteiger partial charge in [0.15, 0.2) is 0 Å². The van der Waals surface area contributed by atoms with Gasteiger partial charge in [-0.3, -0.25) is 0 Å². The number of rotatable bonds is 6. The van der Waals surface area contributed by atoms with Crippen molar-refractivity contribution >= 4 is 17.3 Å². The van der Waals surface area contributed by atoms with Gasteiger partial charge >= 0.3 is 0 Å². The van der Waals surface area contributed by atoms with E-state index in [1.807, 2.05) is 13.8 Å². The molecular weight excluding hydrogens is 230 g/mol. The van der Waals surface area contributed by atoms with Crippen LogP contribution >= 0.6 is 11.6 Å². The zero-order valence-electron chi connectivity index (χ0n) is 11.7. The summed E-state index contributed by atoms with van der Waals surface area (Å²) in [5, 5.41) is 0.583. The molecule has 0 atom stereocenters. The quantitative estimate of drug-likeness (QED) is 0.330. The molecule has 0 aromatic rings. The number of aliphatic imine (C=N–C) groups is 1. The molecule has 96 valence electrons. The van der Waals surface area contributed by atoms with Crippen LogP contribution in [-0.2, 0) is 0 Å². The first-order valence-corrected chi connectivity index (χ1v) is 6.66. The fourth-order valence-corrected chi connectivity index (χ4v) is 1.71. The SMILES string of the molecule is CC\C=C/C(C(/C)=C/CCC)=C(\Cl)N=C(C)C. The smallest absolute Gasteiger partial charge is 0.136 e. The molecule has 0 aromatic heterocycles. The van der Waals surface area contributed by atoms with Crippen LogP contribution < -0.4 is 0 Å². The Labute approximate surface area is 111 Å². The first kappa shape index (κ1) is 16.2. The lowest BCUT2D eigenvalue weighted by molar-refractivity contribution is 0.950. The second-order valence-corrected chi connectivity index (χ2v) is 4.61. The average molecular weight is 254 g/mol. The lowest BCUT2D eigenvalue weighted by Crippen LogP contribution is -1.88. The van der Waals surface area contributed by atoms with E-state index in [4.69, 9.17) is 11.6 Å². The lowest BCUT2D eigenvalue weighted by atomic mass is 10.1. The van der Waals surface area contributed by atoms with Crippen molar-refractivity contribution in [2.75, 3.05) is 0 Å². The van der Waals surface area contributed by atoms with Gasteiger partial charge in [-0.05, 0) is 39.2 Å². The van der Waals surface area contributed by atoms with E-state index in [2.05, 4.69) is 44.0 Å². The molecule has 0 amide bonds. The minimum atomic E-state index is 0.583. The third-order valence-corrected chi connectivity index (χ3v) is 2.52. The summed E-state index contributed by atoms with van der Waals surface area (Å²) in [4.78, 5) is 4.33. The normalized spacial score (nSPS) is 13.9. The van der Waals surface area contributed by atoms with E-state index in [0.717, 1.165) is 30.5 Å². The zero-order valence-corrected chi connectivity index (χ0v) is 12.4. The fraction of sp³-hybridized carbons (Fsp3) is 0.533. The van der Waals surface area contributed by atoms with E-state index >= 15 is 0 Å². The Morgan fingerprint density at radius 1 is 1.18 bits per heavy atom. The molecule has 0 N–H and O–H groups in total. The molecule has 1 nitrogen and oxygen atoms in total. The van der Waals surface area contributed by atoms with Gasteiger partial charge in [0.2, 0.25) is 0 Å². The molecule has 0 unspecified atom stereocenters. The van der Waals surface area contributed by atoms with Crippen molar-refractivity contribution in [3.63, 3.8) is 0 Å². The third-order valence-electron chi connectivity index (χ3n) is 2.23. The largest absolute Gasteiger partial charge is 0.245 e. The summed E-state index contributed by atoms with van der Waals surface area (Å²) in [6, 6.07) is 0. The first-order valence-electron chi connectivity index (χ1n) is 6.28. The second kappa shape index (κ2) is 9.23. The van der Waals surface area contributed by atoms with Crippen molar-refractivity contribution < 1.29 is 0 Å². The van der Waals surface area contributed by atoms with Crippen LogP contribution in [-0.4, -0.2) is 5.71 Å². The Hall–Kier alpha value is -0.820. The molecule has 0 aliphatic heterocycles. The van der Waals surface area contributed by atoms with Crippen molar-refractivity contribution in [1.82, 2.24) is 0 Å². The standard InChI is InChI=1S/C15H24ClN/c1-6-8-10-13(5)14(11-9-7-2)15(16)17-12(3)4/h9-11H,6-8H2,1-5H3/b11-9-,13-10+,15-14-. The van der Waals surface area contributed by atoms with E-state index < -0.39 is 0 Å².